The Morgan fingerprint density at radius 1 is 1.75 bits per heavy atom. The lowest BCUT2D eigenvalue weighted by Crippen LogP contribution is -2.00. The van der Waals surface area contributed by atoms with Crippen molar-refractivity contribution in [2.24, 2.45) is 7.05 Å². The van der Waals surface area contributed by atoms with E-state index in [1.54, 1.807) is 0 Å². The first-order valence-electron chi connectivity index (χ1n) is 4.02. The van der Waals surface area contributed by atoms with E-state index in [-0.39, 0.29) is 0 Å². The lowest BCUT2D eigenvalue weighted by Gasteiger charge is -2.05. The molecule has 2 rings (SSSR count). The topological polar surface area (TPSA) is 33.6 Å². The number of nitrogens with zero attached hydrogens (tertiary/aromatic N) is 2. The first-order chi connectivity index (χ1) is 5.79. The van der Waals surface area contributed by atoms with Crippen LogP contribution in [-0.2, 0) is 7.05 Å². The molecule has 0 radical (unpaired) electrons. The highest BCUT2D eigenvalue weighted by atomic mass is 32.2. The maximum absolute atomic E-state index is 5.05. The van der Waals surface area contributed by atoms with Gasteiger partial charge < -0.3 is 4.57 Å². The van der Waals surface area contributed by atoms with Crippen LogP contribution in [0.3, 0.4) is 0 Å². The summed E-state index contributed by atoms with van der Waals surface area (Å²) in [6, 6.07) is 0. The number of aromatic nitrogens is 3. The molecule has 1 aromatic heterocycles. The fourth-order valence-electron chi connectivity index (χ4n) is 1.43. The summed E-state index contributed by atoms with van der Waals surface area (Å²) in [6.45, 7) is 0. The van der Waals surface area contributed by atoms with Gasteiger partial charge in [-0.3, -0.25) is 5.10 Å². The highest BCUT2D eigenvalue weighted by Crippen LogP contribution is 2.38. The van der Waals surface area contributed by atoms with Gasteiger partial charge in [0.15, 0.2) is 4.77 Å². The van der Waals surface area contributed by atoms with E-state index in [2.05, 4.69) is 10.2 Å². The van der Waals surface area contributed by atoms with Gasteiger partial charge in [0.25, 0.3) is 0 Å². The van der Waals surface area contributed by atoms with Crippen molar-refractivity contribution in [1.82, 2.24) is 14.8 Å². The monoisotopic (exact) mass is 201 g/mol. The maximum Gasteiger partial charge on any atom is 0.194 e. The molecule has 1 N–H and O–H groups in total. The molecule has 0 spiro atoms. The SMILES string of the molecule is Cn1c(C2CCCS2)n[nH]c1=S. The van der Waals surface area contributed by atoms with Gasteiger partial charge in [-0.05, 0) is 30.8 Å². The van der Waals surface area contributed by atoms with Crippen molar-refractivity contribution in [3.63, 3.8) is 0 Å². The van der Waals surface area contributed by atoms with E-state index in [0.717, 1.165) is 10.6 Å². The first-order valence-corrected chi connectivity index (χ1v) is 5.47. The summed E-state index contributed by atoms with van der Waals surface area (Å²) in [7, 11) is 1.97. The van der Waals surface area contributed by atoms with Crippen LogP contribution in [-0.4, -0.2) is 20.5 Å². The first kappa shape index (κ1) is 8.31. The molecule has 0 amide bonds. The highest BCUT2D eigenvalue weighted by molar-refractivity contribution is 7.99. The summed E-state index contributed by atoms with van der Waals surface area (Å²) in [6.07, 6.45) is 2.53. The molecule has 66 valence electrons. The molecule has 1 aromatic rings. The van der Waals surface area contributed by atoms with Crippen LogP contribution < -0.4 is 0 Å². The van der Waals surface area contributed by atoms with E-state index in [1.807, 2.05) is 23.4 Å². The van der Waals surface area contributed by atoms with E-state index in [1.165, 1.54) is 18.6 Å². The van der Waals surface area contributed by atoms with Gasteiger partial charge in [0, 0.05) is 7.05 Å². The van der Waals surface area contributed by atoms with Crippen LogP contribution in [0.4, 0.5) is 0 Å². The van der Waals surface area contributed by atoms with Crippen LogP contribution in [0.25, 0.3) is 0 Å². The number of hydrogen-bond acceptors (Lipinski definition) is 3. The summed E-state index contributed by atoms with van der Waals surface area (Å²) in [5.74, 6) is 2.35. The third-order valence-corrected chi connectivity index (χ3v) is 3.87. The standard InChI is InChI=1S/C7H11N3S2/c1-10-6(8-9-7(10)11)5-3-2-4-12-5/h5H,2-4H2,1H3,(H,9,11). The molecule has 0 aliphatic carbocycles. The summed E-state index contributed by atoms with van der Waals surface area (Å²) in [4.78, 5) is 0. The van der Waals surface area contributed by atoms with Crippen LogP contribution in [0.2, 0.25) is 0 Å². The molecule has 5 heteroatoms. The summed E-state index contributed by atoms with van der Waals surface area (Å²) in [5.41, 5.74) is 0. The van der Waals surface area contributed by atoms with Crippen LogP contribution in [0.5, 0.6) is 0 Å². The minimum absolute atomic E-state index is 0.558. The zero-order chi connectivity index (χ0) is 8.55. The second-order valence-electron chi connectivity index (χ2n) is 2.95. The molecule has 12 heavy (non-hydrogen) atoms. The Morgan fingerprint density at radius 2 is 2.58 bits per heavy atom. The molecule has 0 bridgehead atoms. The quantitative estimate of drug-likeness (QED) is 0.706. The largest absolute Gasteiger partial charge is 0.306 e. The molecule has 2 heterocycles. The lowest BCUT2D eigenvalue weighted by molar-refractivity contribution is 0.722. The Hall–Kier alpha value is -0.290. The fraction of sp³-hybridized carbons (Fsp3) is 0.714. The molecule has 1 aliphatic rings. The predicted octanol–water partition coefficient (Wildman–Crippen LogP) is 2.05. The van der Waals surface area contributed by atoms with E-state index in [4.69, 9.17) is 12.2 Å². The van der Waals surface area contributed by atoms with Gasteiger partial charge in [0.2, 0.25) is 0 Å². The normalized spacial score (nSPS) is 23.2. The van der Waals surface area contributed by atoms with Gasteiger partial charge in [0.05, 0.1) is 5.25 Å². The molecule has 3 nitrogen and oxygen atoms in total. The molecular formula is C7H11N3S2. The van der Waals surface area contributed by atoms with Gasteiger partial charge in [-0.1, -0.05) is 0 Å². The van der Waals surface area contributed by atoms with Crippen molar-refractivity contribution in [2.75, 3.05) is 5.75 Å². The smallest absolute Gasteiger partial charge is 0.194 e. The molecule has 0 saturated carbocycles. The molecular weight excluding hydrogens is 190 g/mol. The van der Waals surface area contributed by atoms with Crippen LogP contribution >= 0.6 is 24.0 Å². The number of nitrogens with one attached hydrogen (secondary N) is 1. The molecule has 1 atom stereocenters. The molecule has 1 unspecified atom stereocenters. The maximum atomic E-state index is 5.05. The predicted molar refractivity (Wildman–Crippen MR) is 52.8 cm³/mol. The van der Waals surface area contributed by atoms with E-state index >= 15 is 0 Å². The molecule has 0 aromatic carbocycles. The van der Waals surface area contributed by atoms with Crippen molar-refractivity contribution in [1.29, 1.82) is 0 Å². The second kappa shape index (κ2) is 3.22. The molecule has 1 saturated heterocycles. The number of thioether (sulfide) groups is 1. The third kappa shape index (κ3) is 1.31. The Kier molecular flexibility index (Phi) is 2.23. The Bertz CT molecular complexity index is 322. The zero-order valence-corrected chi connectivity index (χ0v) is 8.54. The highest BCUT2D eigenvalue weighted by Gasteiger charge is 2.21. The van der Waals surface area contributed by atoms with Gasteiger partial charge >= 0.3 is 0 Å². The Balaban J connectivity index is 2.32. The van der Waals surface area contributed by atoms with Crippen molar-refractivity contribution in [2.45, 2.75) is 18.1 Å². The minimum atomic E-state index is 0.558. The van der Waals surface area contributed by atoms with Gasteiger partial charge in [-0.25, -0.2) is 0 Å². The van der Waals surface area contributed by atoms with Crippen LogP contribution in [0.1, 0.15) is 23.9 Å². The van der Waals surface area contributed by atoms with Crippen molar-refractivity contribution in [3.05, 3.63) is 10.6 Å². The van der Waals surface area contributed by atoms with E-state index < -0.39 is 0 Å². The van der Waals surface area contributed by atoms with E-state index in [9.17, 15) is 0 Å². The van der Waals surface area contributed by atoms with E-state index in [0.29, 0.717) is 5.25 Å². The summed E-state index contributed by atoms with van der Waals surface area (Å²) < 4.78 is 2.69. The average molecular weight is 201 g/mol. The lowest BCUT2D eigenvalue weighted by atomic mass is 10.2. The van der Waals surface area contributed by atoms with Crippen molar-refractivity contribution >= 4 is 24.0 Å². The number of aromatic amines is 1. The summed E-state index contributed by atoms with van der Waals surface area (Å²) >= 11 is 7.02. The van der Waals surface area contributed by atoms with Gasteiger partial charge in [-0.2, -0.15) is 16.9 Å². The van der Waals surface area contributed by atoms with Crippen LogP contribution in [0.15, 0.2) is 0 Å². The molecule has 1 aliphatic heterocycles. The minimum Gasteiger partial charge on any atom is -0.306 e. The summed E-state index contributed by atoms with van der Waals surface area (Å²) in [5, 5.41) is 7.60. The van der Waals surface area contributed by atoms with Crippen molar-refractivity contribution in [3.8, 4) is 0 Å². The average Bonchev–Trinajstić information content (AvgIpc) is 2.64. The molecule has 1 fully saturated rings. The van der Waals surface area contributed by atoms with Gasteiger partial charge in [0.1, 0.15) is 5.82 Å². The zero-order valence-electron chi connectivity index (χ0n) is 6.91. The number of hydrogen-bond donors (Lipinski definition) is 1. The number of H-pyrrole nitrogens is 1. The number of rotatable bonds is 1. The van der Waals surface area contributed by atoms with Crippen molar-refractivity contribution < 1.29 is 0 Å². The fourth-order valence-corrected chi connectivity index (χ4v) is 2.88. The second-order valence-corrected chi connectivity index (χ2v) is 4.64. The van der Waals surface area contributed by atoms with Crippen LogP contribution in [0, 0.1) is 4.77 Å². The third-order valence-electron chi connectivity index (χ3n) is 2.13. The Labute approximate surface area is 80.6 Å². The Morgan fingerprint density at radius 3 is 3.08 bits per heavy atom. The van der Waals surface area contributed by atoms with Gasteiger partial charge in [-0.15, -0.1) is 0 Å².